The molecule has 0 atom stereocenters. The minimum absolute atomic E-state index is 0.268. The third kappa shape index (κ3) is 5.60. The molecule has 0 saturated heterocycles. The van der Waals surface area contributed by atoms with Gasteiger partial charge in [-0.05, 0) is 30.7 Å². The largest absolute Gasteiger partial charge is 0.497 e. The number of hydrogen-bond donors (Lipinski definition) is 2. The quantitative estimate of drug-likeness (QED) is 0.570. The van der Waals surface area contributed by atoms with Gasteiger partial charge < -0.3 is 20.1 Å². The third-order valence-corrected chi connectivity index (χ3v) is 2.46. The van der Waals surface area contributed by atoms with E-state index < -0.39 is 11.8 Å². The molecule has 0 spiro atoms. The van der Waals surface area contributed by atoms with E-state index in [1.807, 2.05) is 6.92 Å². The van der Waals surface area contributed by atoms with Crippen LogP contribution >= 0.6 is 0 Å². The van der Waals surface area contributed by atoms with Crippen molar-refractivity contribution < 1.29 is 19.1 Å². The Morgan fingerprint density at radius 3 is 2.10 bits per heavy atom. The van der Waals surface area contributed by atoms with E-state index in [1.165, 1.54) is 0 Å². The topological polar surface area (TPSA) is 76.7 Å². The van der Waals surface area contributed by atoms with Gasteiger partial charge in [0.25, 0.3) is 0 Å². The van der Waals surface area contributed by atoms with Crippen LogP contribution < -0.4 is 20.1 Å². The van der Waals surface area contributed by atoms with Gasteiger partial charge in [-0.1, -0.05) is 6.92 Å². The summed E-state index contributed by atoms with van der Waals surface area (Å²) in [4.78, 5) is 22.6. The summed E-state index contributed by atoms with van der Waals surface area (Å²) in [5.74, 6) is 0.168. The summed E-state index contributed by atoms with van der Waals surface area (Å²) in [6.07, 6.45) is 0.791. The van der Waals surface area contributed by atoms with Crippen LogP contribution in [0.1, 0.15) is 13.3 Å². The lowest BCUT2D eigenvalue weighted by molar-refractivity contribution is -0.139. The Morgan fingerprint density at radius 2 is 1.55 bits per heavy atom. The molecule has 1 aromatic rings. The summed E-state index contributed by atoms with van der Waals surface area (Å²) in [6, 6.07) is 7.11. The van der Waals surface area contributed by atoms with Crippen LogP contribution in [0.4, 0.5) is 0 Å². The standard InChI is InChI=1S/C14H20N2O4/c1-3-8-15-13(17)14(18)16-9-10-20-12-6-4-11(19-2)5-7-12/h4-7H,3,8-10H2,1-2H3,(H,15,17)(H,16,18). The SMILES string of the molecule is CCCNC(=O)C(=O)NCCOc1ccc(OC)cc1. The summed E-state index contributed by atoms with van der Waals surface area (Å²) >= 11 is 0. The van der Waals surface area contributed by atoms with Gasteiger partial charge in [0, 0.05) is 6.54 Å². The molecule has 110 valence electrons. The second-order valence-corrected chi connectivity index (χ2v) is 4.04. The Kier molecular flexibility index (Phi) is 6.95. The summed E-state index contributed by atoms with van der Waals surface area (Å²) < 4.78 is 10.4. The van der Waals surface area contributed by atoms with Crippen molar-refractivity contribution in [3.8, 4) is 11.5 Å². The summed E-state index contributed by atoms with van der Waals surface area (Å²) in [5.41, 5.74) is 0. The molecule has 0 fully saturated rings. The molecule has 2 N–H and O–H groups in total. The lowest BCUT2D eigenvalue weighted by Crippen LogP contribution is -2.41. The fourth-order valence-corrected chi connectivity index (χ4v) is 1.40. The number of benzene rings is 1. The fraction of sp³-hybridized carbons (Fsp3) is 0.429. The molecule has 0 aromatic heterocycles. The minimum atomic E-state index is -0.642. The smallest absolute Gasteiger partial charge is 0.309 e. The van der Waals surface area contributed by atoms with Crippen molar-refractivity contribution in [2.45, 2.75) is 13.3 Å². The van der Waals surface area contributed by atoms with Gasteiger partial charge in [-0.3, -0.25) is 9.59 Å². The summed E-state index contributed by atoms with van der Waals surface area (Å²) in [7, 11) is 1.59. The molecule has 6 heteroatoms. The van der Waals surface area contributed by atoms with Crippen molar-refractivity contribution >= 4 is 11.8 Å². The highest BCUT2D eigenvalue weighted by Crippen LogP contribution is 2.16. The predicted molar refractivity (Wildman–Crippen MR) is 74.8 cm³/mol. The van der Waals surface area contributed by atoms with Crippen LogP contribution in [0, 0.1) is 0 Å². The zero-order chi connectivity index (χ0) is 14.8. The van der Waals surface area contributed by atoms with Crippen molar-refractivity contribution in [2.75, 3.05) is 26.8 Å². The molecule has 0 aliphatic heterocycles. The molecule has 0 unspecified atom stereocenters. The van der Waals surface area contributed by atoms with Crippen LogP contribution in [-0.4, -0.2) is 38.6 Å². The van der Waals surface area contributed by atoms with Gasteiger partial charge in [-0.25, -0.2) is 0 Å². The van der Waals surface area contributed by atoms with E-state index in [2.05, 4.69) is 10.6 Å². The van der Waals surface area contributed by atoms with Crippen molar-refractivity contribution in [2.24, 2.45) is 0 Å². The zero-order valence-electron chi connectivity index (χ0n) is 11.8. The molecule has 0 radical (unpaired) electrons. The maximum Gasteiger partial charge on any atom is 0.309 e. The Bertz CT molecular complexity index is 431. The van der Waals surface area contributed by atoms with Gasteiger partial charge in [0.2, 0.25) is 0 Å². The highest BCUT2D eigenvalue weighted by molar-refractivity contribution is 6.35. The molecular formula is C14H20N2O4. The molecule has 20 heavy (non-hydrogen) atoms. The molecule has 1 rings (SSSR count). The van der Waals surface area contributed by atoms with Crippen LogP contribution in [0.5, 0.6) is 11.5 Å². The summed E-state index contributed by atoms with van der Waals surface area (Å²) in [6.45, 7) is 2.97. The van der Waals surface area contributed by atoms with E-state index in [-0.39, 0.29) is 6.54 Å². The molecule has 0 aliphatic rings. The van der Waals surface area contributed by atoms with Crippen molar-refractivity contribution in [1.29, 1.82) is 0 Å². The molecule has 0 saturated carbocycles. The monoisotopic (exact) mass is 280 g/mol. The minimum Gasteiger partial charge on any atom is -0.497 e. The maximum absolute atomic E-state index is 11.3. The fourth-order valence-electron chi connectivity index (χ4n) is 1.40. The van der Waals surface area contributed by atoms with Crippen LogP contribution in [0.2, 0.25) is 0 Å². The van der Waals surface area contributed by atoms with Gasteiger partial charge in [-0.2, -0.15) is 0 Å². The number of hydrogen-bond acceptors (Lipinski definition) is 4. The van der Waals surface area contributed by atoms with Crippen LogP contribution in [-0.2, 0) is 9.59 Å². The molecular weight excluding hydrogens is 260 g/mol. The normalized spacial score (nSPS) is 9.70. The number of nitrogens with one attached hydrogen (secondary N) is 2. The Labute approximate surface area is 118 Å². The number of carbonyl (C=O) groups excluding carboxylic acids is 2. The Balaban J connectivity index is 2.20. The zero-order valence-corrected chi connectivity index (χ0v) is 11.8. The van der Waals surface area contributed by atoms with Gasteiger partial charge in [0.05, 0.1) is 13.7 Å². The van der Waals surface area contributed by atoms with Crippen LogP contribution in [0.15, 0.2) is 24.3 Å². The predicted octanol–water partition coefficient (Wildman–Crippen LogP) is 0.716. The maximum atomic E-state index is 11.3. The van der Waals surface area contributed by atoms with E-state index in [0.717, 1.165) is 12.2 Å². The Hall–Kier alpha value is -2.24. The second-order valence-electron chi connectivity index (χ2n) is 4.04. The van der Waals surface area contributed by atoms with Crippen molar-refractivity contribution in [3.05, 3.63) is 24.3 Å². The van der Waals surface area contributed by atoms with Gasteiger partial charge >= 0.3 is 11.8 Å². The first-order valence-corrected chi connectivity index (χ1v) is 6.50. The summed E-state index contributed by atoms with van der Waals surface area (Å²) in [5, 5.41) is 4.98. The number of ether oxygens (including phenoxy) is 2. The molecule has 2 amide bonds. The molecule has 1 aromatic carbocycles. The van der Waals surface area contributed by atoms with E-state index in [0.29, 0.717) is 18.9 Å². The van der Waals surface area contributed by atoms with Gasteiger partial charge in [-0.15, -0.1) is 0 Å². The van der Waals surface area contributed by atoms with Crippen molar-refractivity contribution in [3.63, 3.8) is 0 Å². The molecule has 0 heterocycles. The van der Waals surface area contributed by atoms with E-state index in [9.17, 15) is 9.59 Å². The first-order chi connectivity index (χ1) is 9.67. The lowest BCUT2D eigenvalue weighted by atomic mass is 10.3. The van der Waals surface area contributed by atoms with E-state index >= 15 is 0 Å². The second kappa shape index (κ2) is 8.79. The first-order valence-electron chi connectivity index (χ1n) is 6.50. The number of rotatable bonds is 7. The van der Waals surface area contributed by atoms with Crippen LogP contribution in [0.25, 0.3) is 0 Å². The highest BCUT2D eigenvalue weighted by atomic mass is 16.5. The lowest BCUT2D eigenvalue weighted by Gasteiger charge is -2.08. The molecule has 0 bridgehead atoms. The average Bonchev–Trinajstić information content (AvgIpc) is 2.49. The Morgan fingerprint density at radius 1 is 1.00 bits per heavy atom. The first kappa shape index (κ1) is 15.8. The van der Waals surface area contributed by atoms with Gasteiger partial charge in [0.15, 0.2) is 0 Å². The molecule has 6 nitrogen and oxygen atoms in total. The number of carbonyl (C=O) groups is 2. The van der Waals surface area contributed by atoms with E-state index in [4.69, 9.17) is 9.47 Å². The van der Waals surface area contributed by atoms with Crippen LogP contribution in [0.3, 0.4) is 0 Å². The third-order valence-electron chi connectivity index (χ3n) is 2.46. The number of amides is 2. The average molecular weight is 280 g/mol. The van der Waals surface area contributed by atoms with Gasteiger partial charge in [0.1, 0.15) is 18.1 Å². The van der Waals surface area contributed by atoms with Crippen molar-refractivity contribution in [1.82, 2.24) is 10.6 Å². The van der Waals surface area contributed by atoms with E-state index in [1.54, 1.807) is 31.4 Å². The highest BCUT2D eigenvalue weighted by Gasteiger charge is 2.11. The molecule has 0 aliphatic carbocycles. The number of methoxy groups -OCH3 is 1.